The molecule has 1 unspecified atom stereocenters. The van der Waals surface area contributed by atoms with Crippen molar-refractivity contribution < 1.29 is 22.7 Å². The Morgan fingerprint density at radius 2 is 2.29 bits per heavy atom. The van der Waals surface area contributed by atoms with Gasteiger partial charge in [0.15, 0.2) is 4.67 Å². The van der Waals surface area contributed by atoms with Crippen molar-refractivity contribution in [2.24, 2.45) is 0 Å². The smallest absolute Gasteiger partial charge is 0.371 e. The number of hydrogen-bond donors (Lipinski definition) is 2. The Morgan fingerprint density at radius 1 is 1.57 bits per heavy atom. The number of furan rings is 1. The molecule has 0 fully saturated rings. The summed E-state index contributed by atoms with van der Waals surface area (Å²) < 4.78 is 31.7. The Bertz CT molecular complexity index is 736. The molecule has 2 aromatic heterocycles. The summed E-state index contributed by atoms with van der Waals surface area (Å²) in [5, 5.41) is 12.7. The molecular weight excluding hydrogens is 382 g/mol. The van der Waals surface area contributed by atoms with Gasteiger partial charge in [0, 0.05) is 12.1 Å². The summed E-state index contributed by atoms with van der Waals surface area (Å²) >= 11 is 4.46. The molecule has 0 aromatic carbocycles. The number of carboxylic acid groups (broad SMARTS) is 1. The molecule has 0 saturated carbocycles. The molecule has 0 amide bonds. The number of carboxylic acids is 1. The second kappa shape index (κ2) is 6.30. The van der Waals surface area contributed by atoms with Crippen LogP contribution in [-0.4, -0.2) is 25.5 Å². The Morgan fingerprint density at radius 3 is 2.81 bits per heavy atom. The minimum Gasteiger partial charge on any atom is -0.475 e. The molecule has 9 heteroatoms. The Kier molecular flexibility index (Phi) is 4.87. The van der Waals surface area contributed by atoms with Crippen LogP contribution in [-0.2, 0) is 16.4 Å². The van der Waals surface area contributed by atoms with Crippen LogP contribution < -0.4 is 4.72 Å². The van der Waals surface area contributed by atoms with Crippen molar-refractivity contribution in [3.05, 3.63) is 38.9 Å². The molecule has 2 aromatic rings. The molecule has 21 heavy (non-hydrogen) atoms. The number of halogens is 1. The van der Waals surface area contributed by atoms with Gasteiger partial charge < -0.3 is 9.52 Å². The molecule has 2 heterocycles. The first-order valence-electron chi connectivity index (χ1n) is 5.85. The van der Waals surface area contributed by atoms with Crippen LogP contribution in [0.25, 0.3) is 0 Å². The zero-order valence-corrected chi connectivity index (χ0v) is 14.1. The van der Waals surface area contributed by atoms with Gasteiger partial charge in [0.1, 0.15) is 4.90 Å². The van der Waals surface area contributed by atoms with Crippen LogP contribution in [0.2, 0.25) is 0 Å². The molecular formula is C12H12BrNO5S2. The molecule has 0 bridgehead atoms. The van der Waals surface area contributed by atoms with E-state index in [0.29, 0.717) is 6.42 Å². The zero-order valence-electron chi connectivity index (χ0n) is 10.9. The fourth-order valence-corrected chi connectivity index (χ4v) is 4.64. The van der Waals surface area contributed by atoms with Gasteiger partial charge >= 0.3 is 5.97 Å². The minimum absolute atomic E-state index is 0.130. The van der Waals surface area contributed by atoms with Gasteiger partial charge in [0.25, 0.3) is 0 Å². The quantitative estimate of drug-likeness (QED) is 0.786. The Labute approximate surface area is 134 Å². The van der Waals surface area contributed by atoms with E-state index >= 15 is 0 Å². The highest BCUT2D eigenvalue weighted by molar-refractivity contribution is 9.10. The second-order valence-electron chi connectivity index (χ2n) is 4.41. The average Bonchev–Trinajstić information content (AvgIpc) is 2.97. The molecule has 0 aliphatic rings. The van der Waals surface area contributed by atoms with Crippen LogP contribution in [0.3, 0.4) is 0 Å². The lowest BCUT2D eigenvalue weighted by Gasteiger charge is -2.12. The van der Waals surface area contributed by atoms with E-state index in [1.807, 2.05) is 16.8 Å². The molecule has 2 N–H and O–H groups in total. The summed E-state index contributed by atoms with van der Waals surface area (Å²) in [4.78, 5) is 10.6. The molecule has 2 rings (SSSR count). The minimum atomic E-state index is -3.86. The molecule has 1 atom stereocenters. The number of thiophene rings is 1. The first kappa shape index (κ1) is 16.2. The number of carbonyl (C=O) groups is 1. The van der Waals surface area contributed by atoms with E-state index in [-0.39, 0.29) is 15.6 Å². The molecule has 0 aliphatic heterocycles. The number of sulfonamides is 1. The van der Waals surface area contributed by atoms with Gasteiger partial charge in [-0.15, -0.1) is 0 Å². The van der Waals surface area contributed by atoms with Crippen LogP contribution in [0.4, 0.5) is 0 Å². The molecule has 0 saturated heterocycles. The summed E-state index contributed by atoms with van der Waals surface area (Å²) in [5.74, 6) is -1.77. The third kappa shape index (κ3) is 3.94. The number of rotatable bonds is 6. The molecule has 6 nitrogen and oxygen atoms in total. The lowest BCUT2D eigenvalue weighted by Crippen LogP contribution is -2.34. The van der Waals surface area contributed by atoms with Gasteiger partial charge in [-0.2, -0.15) is 11.3 Å². The van der Waals surface area contributed by atoms with E-state index < -0.39 is 21.8 Å². The Balaban J connectivity index is 2.16. The second-order valence-corrected chi connectivity index (χ2v) is 7.59. The summed E-state index contributed by atoms with van der Waals surface area (Å²) in [5.41, 5.74) is 1.03. The maximum absolute atomic E-state index is 12.2. The van der Waals surface area contributed by atoms with E-state index in [1.54, 1.807) is 6.92 Å². The predicted octanol–water partition coefficient (Wildman–Crippen LogP) is 2.71. The summed E-state index contributed by atoms with van der Waals surface area (Å²) in [6.07, 6.45) is 0.546. The number of nitrogens with one attached hydrogen (secondary N) is 1. The average molecular weight is 394 g/mol. The molecule has 114 valence electrons. The maximum Gasteiger partial charge on any atom is 0.371 e. The number of aromatic carboxylic acids is 1. The van der Waals surface area contributed by atoms with E-state index in [9.17, 15) is 13.2 Å². The van der Waals surface area contributed by atoms with Crippen LogP contribution in [0, 0.1) is 0 Å². The van der Waals surface area contributed by atoms with Crippen molar-refractivity contribution in [1.29, 1.82) is 0 Å². The van der Waals surface area contributed by atoms with E-state index in [0.717, 1.165) is 11.6 Å². The Hall–Kier alpha value is -1.16. The van der Waals surface area contributed by atoms with Gasteiger partial charge in [0.05, 0.1) is 0 Å². The normalized spacial score (nSPS) is 13.2. The third-order valence-corrected chi connectivity index (χ3v) is 5.81. The molecule has 0 radical (unpaired) electrons. The lowest BCUT2D eigenvalue weighted by molar-refractivity contribution is 0.0661. The standard InChI is InChI=1S/C12H12BrNO5S2/c1-7(4-8-2-3-20-6-8)14-21(17,18)10-5-9(12(15)16)19-11(10)13/h2-3,5-7,14H,4H2,1H3,(H,15,16). The monoisotopic (exact) mass is 393 g/mol. The van der Waals surface area contributed by atoms with Crippen LogP contribution in [0.1, 0.15) is 23.0 Å². The highest BCUT2D eigenvalue weighted by atomic mass is 79.9. The van der Waals surface area contributed by atoms with E-state index in [2.05, 4.69) is 20.7 Å². The first-order valence-corrected chi connectivity index (χ1v) is 9.07. The van der Waals surface area contributed by atoms with Crippen LogP contribution in [0.15, 0.2) is 36.9 Å². The summed E-state index contributed by atoms with van der Waals surface area (Å²) in [7, 11) is -3.86. The van der Waals surface area contributed by atoms with Gasteiger partial charge in [-0.3, -0.25) is 0 Å². The zero-order chi connectivity index (χ0) is 15.6. The van der Waals surface area contributed by atoms with Gasteiger partial charge in [-0.05, 0) is 51.7 Å². The molecule has 0 aliphatic carbocycles. The summed E-state index contributed by atoms with van der Waals surface area (Å²) in [6.45, 7) is 1.74. The van der Waals surface area contributed by atoms with Crippen molar-refractivity contribution in [2.45, 2.75) is 24.3 Å². The predicted molar refractivity (Wildman–Crippen MR) is 81.2 cm³/mol. The van der Waals surface area contributed by atoms with Crippen molar-refractivity contribution in [3.8, 4) is 0 Å². The highest BCUT2D eigenvalue weighted by Crippen LogP contribution is 2.26. The van der Waals surface area contributed by atoms with Crippen LogP contribution >= 0.6 is 27.3 Å². The fourth-order valence-electron chi connectivity index (χ4n) is 1.77. The fraction of sp³-hybridized carbons (Fsp3) is 0.250. The highest BCUT2D eigenvalue weighted by Gasteiger charge is 2.26. The SMILES string of the molecule is CC(Cc1ccsc1)NS(=O)(=O)c1cc(C(=O)O)oc1Br. The van der Waals surface area contributed by atoms with Crippen molar-refractivity contribution >= 4 is 43.3 Å². The largest absolute Gasteiger partial charge is 0.475 e. The number of hydrogen-bond acceptors (Lipinski definition) is 5. The van der Waals surface area contributed by atoms with Crippen molar-refractivity contribution in [3.63, 3.8) is 0 Å². The molecule has 0 spiro atoms. The first-order chi connectivity index (χ1) is 9.79. The van der Waals surface area contributed by atoms with Crippen molar-refractivity contribution in [2.75, 3.05) is 0 Å². The third-order valence-electron chi connectivity index (χ3n) is 2.63. The summed E-state index contributed by atoms with van der Waals surface area (Å²) in [6, 6.07) is 2.57. The van der Waals surface area contributed by atoms with Crippen LogP contribution in [0.5, 0.6) is 0 Å². The van der Waals surface area contributed by atoms with Gasteiger partial charge in [-0.1, -0.05) is 0 Å². The maximum atomic E-state index is 12.2. The van der Waals surface area contributed by atoms with Gasteiger partial charge in [0.2, 0.25) is 15.8 Å². The topological polar surface area (TPSA) is 96.6 Å². The van der Waals surface area contributed by atoms with Crippen molar-refractivity contribution in [1.82, 2.24) is 4.72 Å². The van der Waals surface area contributed by atoms with E-state index in [4.69, 9.17) is 9.52 Å². The van der Waals surface area contributed by atoms with E-state index in [1.165, 1.54) is 11.3 Å². The van der Waals surface area contributed by atoms with Gasteiger partial charge in [-0.25, -0.2) is 17.9 Å². The lowest BCUT2D eigenvalue weighted by atomic mass is 10.1.